The first-order valence-electron chi connectivity index (χ1n) is 5.38. The molecule has 1 saturated heterocycles. The molecule has 1 aliphatic heterocycles. The molecule has 76 valence electrons. The summed E-state index contributed by atoms with van der Waals surface area (Å²) in [5.74, 6) is 1.13. The van der Waals surface area contributed by atoms with E-state index in [0.717, 1.165) is 25.5 Å². The quantitative estimate of drug-likeness (QED) is 0.752. The molecule has 1 atom stereocenters. The van der Waals surface area contributed by atoms with Crippen LogP contribution in [0.15, 0.2) is 12.4 Å². The Morgan fingerprint density at radius 2 is 2.21 bits per heavy atom. The fraction of sp³-hybridized carbons (Fsp3) is 0.700. The first kappa shape index (κ1) is 8.29. The Hall–Kier alpha value is -1.03. The molecule has 0 unspecified atom stereocenters. The highest BCUT2D eigenvalue weighted by Gasteiger charge is 2.29. The Bertz CT molecular complexity index is 329. The van der Waals surface area contributed by atoms with E-state index in [9.17, 15) is 0 Å². The van der Waals surface area contributed by atoms with E-state index in [1.165, 1.54) is 12.8 Å². The van der Waals surface area contributed by atoms with Crippen molar-refractivity contribution in [1.82, 2.24) is 9.55 Å². The highest BCUT2D eigenvalue weighted by molar-refractivity contribution is 5.34. The van der Waals surface area contributed by atoms with Gasteiger partial charge in [-0.05, 0) is 19.3 Å². The molecule has 4 nitrogen and oxygen atoms in total. The summed E-state index contributed by atoms with van der Waals surface area (Å²) in [7, 11) is 0. The second-order valence-corrected chi connectivity index (χ2v) is 4.36. The number of anilines is 1. The van der Waals surface area contributed by atoms with Gasteiger partial charge in [-0.2, -0.15) is 0 Å². The van der Waals surface area contributed by atoms with Crippen molar-refractivity contribution >= 4 is 5.95 Å². The monoisotopic (exact) mass is 192 g/mol. The van der Waals surface area contributed by atoms with Gasteiger partial charge in [0.1, 0.15) is 0 Å². The molecule has 2 N–H and O–H groups in total. The van der Waals surface area contributed by atoms with E-state index in [0.29, 0.717) is 12.1 Å². The topological polar surface area (TPSA) is 47.1 Å². The Morgan fingerprint density at radius 1 is 1.36 bits per heavy atom. The Labute approximate surface area is 83.7 Å². The van der Waals surface area contributed by atoms with E-state index in [4.69, 9.17) is 5.73 Å². The van der Waals surface area contributed by atoms with Gasteiger partial charge in [-0.1, -0.05) is 0 Å². The van der Waals surface area contributed by atoms with Gasteiger partial charge in [0.05, 0.1) is 0 Å². The maximum atomic E-state index is 5.89. The highest BCUT2D eigenvalue weighted by Crippen LogP contribution is 2.38. The van der Waals surface area contributed by atoms with E-state index in [1.54, 1.807) is 0 Å². The van der Waals surface area contributed by atoms with Crippen LogP contribution in [-0.2, 0) is 0 Å². The van der Waals surface area contributed by atoms with Gasteiger partial charge in [0.25, 0.3) is 0 Å². The maximum absolute atomic E-state index is 5.89. The predicted octanol–water partition coefficient (Wildman–Crippen LogP) is 0.755. The Kier molecular flexibility index (Phi) is 1.77. The van der Waals surface area contributed by atoms with Gasteiger partial charge in [-0.25, -0.2) is 4.98 Å². The third-order valence-electron chi connectivity index (χ3n) is 3.10. The number of nitrogens with two attached hydrogens (primary N) is 1. The first-order valence-corrected chi connectivity index (χ1v) is 5.38. The van der Waals surface area contributed by atoms with Crippen molar-refractivity contribution in [2.75, 3.05) is 18.0 Å². The van der Waals surface area contributed by atoms with Crippen LogP contribution in [0.25, 0.3) is 0 Å². The number of imidazole rings is 1. The van der Waals surface area contributed by atoms with Gasteiger partial charge in [-0.15, -0.1) is 0 Å². The smallest absolute Gasteiger partial charge is 0.205 e. The van der Waals surface area contributed by atoms with Gasteiger partial charge in [-0.3, -0.25) is 0 Å². The number of rotatable bonds is 2. The van der Waals surface area contributed by atoms with Crippen molar-refractivity contribution in [2.24, 2.45) is 5.73 Å². The zero-order chi connectivity index (χ0) is 9.54. The van der Waals surface area contributed by atoms with Gasteiger partial charge in [0.2, 0.25) is 5.95 Å². The molecule has 1 saturated carbocycles. The normalized spacial score (nSPS) is 27.2. The molecule has 4 heteroatoms. The molecule has 1 aliphatic carbocycles. The van der Waals surface area contributed by atoms with Gasteiger partial charge in [0.15, 0.2) is 0 Å². The summed E-state index contributed by atoms with van der Waals surface area (Å²) in [5, 5.41) is 0. The minimum atomic E-state index is 0.333. The predicted molar refractivity (Wildman–Crippen MR) is 55.3 cm³/mol. The van der Waals surface area contributed by atoms with Gasteiger partial charge in [0, 0.05) is 37.6 Å². The summed E-state index contributed by atoms with van der Waals surface area (Å²) in [4.78, 5) is 6.74. The minimum absolute atomic E-state index is 0.333. The first-order chi connectivity index (χ1) is 6.84. The molecule has 0 radical (unpaired) electrons. The fourth-order valence-corrected chi connectivity index (χ4v) is 2.16. The zero-order valence-electron chi connectivity index (χ0n) is 8.26. The lowest BCUT2D eigenvalue weighted by molar-refractivity contribution is 0.707. The molecule has 2 fully saturated rings. The molecule has 2 heterocycles. The lowest BCUT2D eigenvalue weighted by atomic mass is 10.3. The summed E-state index contributed by atoms with van der Waals surface area (Å²) >= 11 is 0. The molecular formula is C10H16N4. The van der Waals surface area contributed by atoms with Crippen molar-refractivity contribution in [3.05, 3.63) is 12.4 Å². The molecule has 3 rings (SSSR count). The third kappa shape index (κ3) is 1.30. The van der Waals surface area contributed by atoms with Crippen LogP contribution in [0.3, 0.4) is 0 Å². The van der Waals surface area contributed by atoms with Crippen LogP contribution in [0.4, 0.5) is 5.95 Å². The fourth-order valence-electron chi connectivity index (χ4n) is 2.16. The molecule has 14 heavy (non-hydrogen) atoms. The van der Waals surface area contributed by atoms with E-state index >= 15 is 0 Å². The summed E-state index contributed by atoms with van der Waals surface area (Å²) in [5.41, 5.74) is 5.89. The molecule has 0 bridgehead atoms. The van der Waals surface area contributed by atoms with E-state index < -0.39 is 0 Å². The lowest BCUT2D eigenvalue weighted by Crippen LogP contribution is -2.28. The number of nitrogens with zero attached hydrogens (tertiary/aromatic N) is 3. The number of hydrogen-bond donors (Lipinski definition) is 1. The van der Waals surface area contributed by atoms with Crippen LogP contribution in [0.5, 0.6) is 0 Å². The Balaban J connectivity index is 1.84. The molecule has 1 aromatic heterocycles. The Morgan fingerprint density at radius 3 is 2.86 bits per heavy atom. The number of hydrogen-bond acceptors (Lipinski definition) is 3. The second-order valence-electron chi connectivity index (χ2n) is 4.36. The molecule has 1 aromatic rings. The molecule has 0 aromatic carbocycles. The van der Waals surface area contributed by atoms with Crippen LogP contribution < -0.4 is 10.6 Å². The molecule has 0 spiro atoms. The summed E-state index contributed by atoms with van der Waals surface area (Å²) < 4.78 is 2.30. The summed E-state index contributed by atoms with van der Waals surface area (Å²) in [6.07, 6.45) is 7.71. The second kappa shape index (κ2) is 2.98. The summed E-state index contributed by atoms with van der Waals surface area (Å²) in [6.45, 7) is 2.02. The van der Waals surface area contributed by atoms with Crippen molar-refractivity contribution in [3.63, 3.8) is 0 Å². The van der Waals surface area contributed by atoms with Crippen LogP contribution in [0, 0.1) is 0 Å². The van der Waals surface area contributed by atoms with Crippen molar-refractivity contribution in [2.45, 2.75) is 31.3 Å². The van der Waals surface area contributed by atoms with Gasteiger partial charge >= 0.3 is 0 Å². The van der Waals surface area contributed by atoms with Crippen LogP contribution in [0.2, 0.25) is 0 Å². The summed E-state index contributed by atoms with van der Waals surface area (Å²) in [6, 6.07) is 1.05. The molecule has 2 aliphatic rings. The van der Waals surface area contributed by atoms with Crippen molar-refractivity contribution in [3.8, 4) is 0 Å². The molecule has 0 amide bonds. The SMILES string of the molecule is N[C@@H]1CCN(c2nccn2C2CC2)C1. The highest BCUT2D eigenvalue weighted by atomic mass is 15.3. The van der Waals surface area contributed by atoms with Crippen molar-refractivity contribution < 1.29 is 0 Å². The number of aromatic nitrogens is 2. The average Bonchev–Trinajstić information content (AvgIpc) is 2.75. The molecular weight excluding hydrogens is 176 g/mol. The van der Waals surface area contributed by atoms with Crippen LogP contribution in [0.1, 0.15) is 25.3 Å². The third-order valence-corrected chi connectivity index (χ3v) is 3.10. The van der Waals surface area contributed by atoms with Crippen molar-refractivity contribution in [1.29, 1.82) is 0 Å². The van der Waals surface area contributed by atoms with Gasteiger partial charge < -0.3 is 15.2 Å². The van der Waals surface area contributed by atoms with Crippen LogP contribution in [-0.4, -0.2) is 28.7 Å². The largest absolute Gasteiger partial charge is 0.341 e. The minimum Gasteiger partial charge on any atom is -0.341 e. The standard InChI is InChI=1S/C10H16N4/c11-8-3-5-13(7-8)10-12-4-6-14(10)9-1-2-9/h4,6,8-9H,1-3,5,7,11H2/t8-/m1/s1. The average molecular weight is 192 g/mol. The van der Waals surface area contributed by atoms with E-state index in [1.807, 2.05) is 6.20 Å². The van der Waals surface area contributed by atoms with E-state index in [-0.39, 0.29) is 0 Å². The lowest BCUT2D eigenvalue weighted by Gasteiger charge is -2.18. The maximum Gasteiger partial charge on any atom is 0.205 e. The van der Waals surface area contributed by atoms with Crippen LogP contribution >= 0.6 is 0 Å². The van der Waals surface area contributed by atoms with E-state index in [2.05, 4.69) is 20.6 Å². The zero-order valence-corrected chi connectivity index (χ0v) is 8.26.